The zero-order valence-electron chi connectivity index (χ0n) is 11.5. The molecule has 0 saturated carbocycles. The van der Waals surface area contributed by atoms with Crippen molar-refractivity contribution in [3.8, 4) is 0 Å². The lowest BCUT2D eigenvalue weighted by atomic mass is 10.2. The van der Waals surface area contributed by atoms with Crippen molar-refractivity contribution in [1.82, 2.24) is 10.2 Å². The number of nitrogens with zero attached hydrogens (tertiary/aromatic N) is 2. The summed E-state index contributed by atoms with van der Waals surface area (Å²) in [5, 5.41) is 12.4. The molecule has 4 nitrogen and oxygen atoms in total. The molecule has 0 radical (unpaired) electrons. The lowest BCUT2D eigenvalue weighted by Gasteiger charge is -2.04. The summed E-state index contributed by atoms with van der Waals surface area (Å²) in [5.74, 6) is 0.338. The third-order valence-electron chi connectivity index (χ3n) is 2.63. The fourth-order valence-corrected chi connectivity index (χ4v) is 3.32. The Kier molecular flexibility index (Phi) is 5.55. The Morgan fingerprint density at radius 1 is 1.35 bits per heavy atom. The van der Waals surface area contributed by atoms with E-state index in [2.05, 4.69) is 22.4 Å². The predicted molar refractivity (Wildman–Crippen MR) is 84.4 cm³/mol. The molecule has 1 aromatic carbocycles. The highest BCUT2D eigenvalue weighted by molar-refractivity contribution is 8.00. The van der Waals surface area contributed by atoms with Crippen molar-refractivity contribution in [1.29, 1.82) is 0 Å². The van der Waals surface area contributed by atoms with Gasteiger partial charge < -0.3 is 0 Å². The molecule has 2 rings (SSSR count). The summed E-state index contributed by atoms with van der Waals surface area (Å²) >= 11 is 2.98. The second-order valence-corrected chi connectivity index (χ2v) is 6.43. The summed E-state index contributed by atoms with van der Waals surface area (Å²) in [4.78, 5) is 13.0. The van der Waals surface area contributed by atoms with Crippen LogP contribution in [-0.2, 0) is 11.2 Å². The first kappa shape index (κ1) is 15.0. The van der Waals surface area contributed by atoms with Gasteiger partial charge in [-0.3, -0.25) is 10.1 Å². The third-order valence-corrected chi connectivity index (χ3v) is 4.70. The second-order valence-electron chi connectivity index (χ2n) is 4.35. The van der Waals surface area contributed by atoms with Gasteiger partial charge in [-0.25, -0.2) is 0 Å². The summed E-state index contributed by atoms with van der Waals surface area (Å²) in [6.45, 7) is 4.14. The molecule has 0 atom stereocenters. The summed E-state index contributed by atoms with van der Waals surface area (Å²) in [7, 11) is 0. The van der Waals surface area contributed by atoms with Crippen LogP contribution in [0.5, 0.6) is 0 Å². The van der Waals surface area contributed by atoms with Crippen molar-refractivity contribution in [2.24, 2.45) is 0 Å². The Morgan fingerprint density at radius 3 is 2.90 bits per heavy atom. The van der Waals surface area contributed by atoms with Gasteiger partial charge in [0.2, 0.25) is 11.0 Å². The van der Waals surface area contributed by atoms with Crippen LogP contribution in [0, 0.1) is 6.92 Å². The van der Waals surface area contributed by atoms with Gasteiger partial charge in [0.15, 0.2) is 0 Å². The first-order valence-corrected chi connectivity index (χ1v) is 8.30. The predicted octanol–water partition coefficient (Wildman–Crippen LogP) is 3.53. The van der Waals surface area contributed by atoms with E-state index in [1.165, 1.54) is 28.7 Å². The van der Waals surface area contributed by atoms with E-state index in [0.29, 0.717) is 10.9 Å². The highest BCUT2D eigenvalue weighted by Crippen LogP contribution is 2.22. The van der Waals surface area contributed by atoms with Crippen molar-refractivity contribution in [2.75, 3.05) is 11.1 Å². The van der Waals surface area contributed by atoms with Crippen LogP contribution in [0.3, 0.4) is 0 Å². The molecule has 0 bridgehead atoms. The number of rotatable bonds is 6. The van der Waals surface area contributed by atoms with Crippen LogP contribution in [0.15, 0.2) is 29.2 Å². The van der Waals surface area contributed by atoms with Crippen LogP contribution in [0.25, 0.3) is 0 Å². The minimum atomic E-state index is -0.0440. The van der Waals surface area contributed by atoms with Gasteiger partial charge >= 0.3 is 0 Å². The first-order chi connectivity index (χ1) is 9.69. The van der Waals surface area contributed by atoms with Crippen LogP contribution in [0.4, 0.5) is 5.13 Å². The average Bonchev–Trinajstić information content (AvgIpc) is 2.85. The number of amides is 1. The maximum atomic E-state index is 11.9. The Hall–Kier alpha value is -1.40. The average molecular weight is 307 g/mol. The normalized spacial score (nSPS) is 10.5. The lowest BCUT2D eigenvalue weighted by Crippen LogP contribution is -2.13. The van der Waals surface area contributed by atoms with Gasteiger partial charge in [0.05, 0.1) is 5.75 Å². The van der Waals surface area contributed by atoms with Gasteiger partial charge in [-0.2, -0.15) is 0 Å². The molecule has 0 saturated heterocycles. The van der Waals surface area contributed by atoms with Gasteiger partial charge in [-0.15, -0.1) is 22.0 Å². The largest absolute Gasteiger partial charge is 0.300 e. The minimum absolute atomic E-state index is 0.0440. The molecule has 0 fully saturated rings. The molecule has 0 unspecified atom stereocenters. The quantitative estimate of drug-likeness (QED) is 0.830. The summed E-state index contributed by atoms with van der Waals surface area (Å²) < 4.78 is 0. The number of thioether (sulfide) groups is 1. The summed E-state index contributed by atoms with van der Waals surface area (Å²) in [6, 6.07) is 8.05. The van der Waals surface area contributed by atoms with Crippen LogP contribution in [-0.4, -0.2) is 21.9 Å². The second kappa shape index (κ2) is 7.40. The molecule has 0 spiro atoms. The van der Waals surface area contributed by atoms with Gasteiger partial charge in [-0.1, -0.05) is 36.5 Å². The maximum Gasteiger partial charge on any atom is 0.236 e. The summed E-state index contributed by atoms with van der Waals surface area (Å²) in [5.41, 5.74) is 1.19. The van der Waals surface area contributed by atoms with Crippen LogP contribution < -0.4 is 5.32 Å². The number of carbonyl (C=O) groups excluding carboxylic acids is 1. The van der Waals surface area contributed by atoms with Gasteiger partial charge in [0, 0.05) is 11.3 Å². The number of aromatic nitrogens is 2. The number of carbonyl (C=O) groups is 1. The molecular formula is C14H17N3OS2. The van der Waals surface area contributed by atoms with Crippen molar-refractivity contribution in [3.63, 3.8) is 0 Å². The zero-order valence-corrected chi connectivity index (χ0v) is 13.2. The Bertz CT molecular complexity index is 583. The molecule has 0 aliphatic rings. The molecule has 0 aliphatic carbocycles. The molecule has 1 aromatic heterocycles. The molecule has 20 heavy (non-hydrogen) atoms. The van der Waals surface area contributed by atoms with E-state index in [-0.39, 0.29) is 5.91 Å². The molecule has 1 heterocycles. The molecule has 106 valence electrons. The molecule has 1 N–H and O–H groups in total. The Balaban J connectivity index is 1.84. The van der Waals surface area contributed by atoms with E-state index in [1.54, 1.807) is 0 Å². The first-order valence-electron chi connectivity index (χ1n) is 6.49. The van der Waals surface area contributed by atoms with Crippen molar-refractivity contribution in [3.05, 3.63) is 34.8 Å². The van der Waals surface area contributed by atoms with E-state index >= 15 is 0 Å². The Morgan fingerprint density at radius 2 is 2.15 bits per heavy atom. The number of hydrogen-bond acceptors (Lipinski definition) is 5. The lowest BCUT2D eigenvalue weighted by molar-refractivity contribution is -0.113. The number of hydrogen-bond donors (Lipinski definition) is 1. The SMILES string of the molecule is CCCc1nnc(NC(=O)CSc2ccccc2C)s1. The number of aryl methyl sites for hydroxylation is 2. The Labute approximate surface area is 127 Å². The van der Waals surface area contributed by atoms with Crippen molar-refractivity contribution < 1.29 is 4.79 Å². The van der Waals surface area contributed by atoms with E-state index in [9.17, 15) is 4.79 Å². The summed E-state index contributed by atoms with van der Waals surface area (Å²) in [6.07, 6.45) is 1.94. The van der Waals surface area contributed by atoms with Crippen molar-refractivity contribution >= 4 is 34.1 Å². The highest BCUT2D eigenvalue weighted by atomic mass is 32.2. The van der Waals surface area contributed by atoms with Crippen LogP contribution in [0.2, 0.25) is 0 Å². The number of nitrogens with one attached hydrogen (secondary N) is 1. The molecule has 1 amide bonds. The fraction of sp³-hybridized carbons (Fsp3) is 0.357. The van der Waals surface area contributed by atoms with E-state index in [4.69, 9.17) is 0 Å². The van der Waals surface area contributed by atoms with Gasteiger partial charge in [-0.05, 0) is 25.0 Å². The van der Waals surface area contributed by atoms with E-state index in [1.807, 2.05) is 31.2 Å². The monoisotopic (exact) mass is 307 g/mol. The highest BCUT2D eigenvalue weighted by Gasteiger charge is 2.09. The maximum absolute atomic E-state index is 11.9. The molecule has 2 aromatic rings. The number of anilines is 1. The zero-order chi connectivity index (χ0) is 14.4. The van der Waals surface area contributed by atoms with E-state index in [0.717, 1.165) is 22.7 Å². The van der Waals surface area contributed by atoms with Crippen molar-refractivity contribution in [2.45, 2.75) is 31.6 Å². The van der Waals surface area contributed by atoms with Crippen LogP contribution >= 0.6 is 23.1 Å². The molecule has 0 aliphatic heterocycles. The standard InChI is InChI=1S/C14H17N3OS2/c1-3-6-13-16-17-14(20-13)15-12(18)9-19-11-8-5-4-7-10(11)2/h4-5,7-8H,3,6,9H2,1-2H3,(H,15,17,18). The third kappa shape index (κ3) is 4.31. The minimum Gasteiger partial charge on any atom is -0.300 e. The van der Waals surface area contributed by atoms with Crippen LogP contribution in [0.1, 0.15) is 23.9 Å². The molecule has 6 heteroatoms. The topological polar surface area (TPSA) is 54.9 Å². The van der Waals surface area contributed by atoms with Gasteiger partial charge in [0.25, 0.3) is 0 Å². The number of benzene rings is 1. The van der Waals surface area contributed by atoms with E-state index < -0.39 is 0 Å². The molecular weight excluding hydrogens is 290 g/mol. The smallest absolute Gasteiger partial charge is 0.236 e. The van der Waals surface area contributed by atoms with Gasteiger partial charge in [0.1, 0.15) is 5.01 Å². The fourth-order valence-electron chi connectivity index (χ4n) is 1.64.